The smallest absolute Gasteiger partial charge is 0.286 e. The molecule has 1 saturated heterocycles. The highest BCUT2D eigenvalue weighted by atomic mass is 32.2. The van der Waals surface area contributed by atoms with Gasteiger partial charge in [-0.2, -0.15) is 8.42 Å². The Labute approximate surface area is 188 Å². The topological polar surface area (TPSA) is 91.3 Å². The third-order valence-electron chi connectivity index (χ3n) is 5.78. The first-order chi connectivity index (χ1) is 15.4. The number of methoxy groups -OCH3 is 1. The van der Waals surface area contributed by atoms with Crippen LogP contribution in [-0.4, -0.2) is 69.8 Å². The van der Waals surface area contributed by atoms with Crippen LogP contribution in [0.3, 0.4) is 0 Å². The van der Waals surface area contributed by atoms with Gasteiger partial charge in [0.25, 0.3) is 10.0 Å². The third-order valence-corrected chi connectivity index (χ3v) is 7.15. The van der Waals surface area contributed by atoms with Crippen molar-refractivity contribution in [3.05, 3.63) is 54.1 Å². The minimum absolute atomic E-state index is 0.146. The number of para-hydroxylation sites is 1. The number of nitrogens with one attached hydrogen (secondary N) is 1. The Morgan fingerprint density at radius 2 is 1.84 bits per heavy atom. The van der Waals surface area contributed by atoms with Crippen LogP contribution in [-0.2, 0) is 21.2 Å². The van der Waals surface area contributed by atoms with Crippen LogP contribution in [0.4, 0.5) is 5.69 Å². The van der Waals surface area contributed by atoms with Gasteiger partial charge >= 0.3 is 0 Å². The van der Waals surface area contributed by atoms with Crippen LogP contribution in [0.15, 0.2) is 57.8 Å². The molecule has 0 radical (unpaired) electrons. The van der Waals surface area contributed by atoms with E-state index in [-0.39, 0.29) is 10.8 Å². The lowest BCUT2D eigenvalue weighted by Crippen LogP contribution is -2.39. The molecule has 2 aliphatic rings. The zero-order valence-corrected chi connectivity index (χ0v) is 19.0. The molecular formula is C23H28N4O4S. The zero-order chi connectivity index (χ0) is 22.6. The van der Waals surface area contributed by atoms with Gasteiger partial charge in [0, 0.05) is 32.6 Å². The van der Waals surface area contributed by atoms with Crippen LogP contribution in [0.1, 0.15) is 18.4 Å². The van der Waals surface area contributed by atoms with Crippen molar-refractivity contribution in [3.8, 4) is 5.75 Å². The molecule has 1 N–H and O–H groups in total. The van der Waals surface area contributed by atoms with Crippen LogP contribution in [0.25, 0.3) is 0 Å². The molecule has 1 amide bonds. The fourth-order valence-electron chi connectivity index (χ4n) is 4.03. The third kappa shape index (κ3) is 5.28. The number of anilines is 1. The first-order valence-corrected chi connectivity index (χ1v) is 12.2. The zero-order valence-electron chi connectivity index (χ0n) is 18.2. The number of ether oxygens (including phenoxy) is 1. The van der Waals surface area contributed by atoms with Gasteiger partial charge in [0.2, 0.25) is 5.91 Å². The molecule has 1 fully saturated rings. The predicted molar refractivity (Wildman–Crippen MR) is 124 cm³/mol. The minimum Gasteiger partial charge on any atom is -0.497 e. The second-order valence-electron chi connectivity index (χ2n) is 7.99. The number of rotatable bonds is 6. The van der Waals surface area contributed by atoms with Crippen LogP contribution in [0.2, 0.25) is 0 Å². The molecule has 0 bridgehead atoms. The first-order valence-electron chi connectivity index (χ1n) is 10.8. The summed E-state index contributed by atoms with van der Waals surface area (Å²) in [5.41, 5.74) is 1.67. The van der Waals surface area contributed by atoms with Crippen LogP contribution >= 0.6 is 0 Å². The van der Waals surface area contributed by atoms with Crippen molar-refractivity contribution < 1.29 is 17.9 Å². The maximum absolute atomic E-state index is 12.7. The lowest BCUT2D eigenvalue weighted by molar-refractivity contribution is -0.131. The van der Waals surface area contributed by atoms with E-state index in [0.29, 0.717) is 50.5 Å². The highest BCUT2D eigenvalue weighted by molar-refractivity contribution is 7.90. The molecule has 8 nitrogen and oxygen atoms in total. The maximum Gasteiger partial charge on any atom is 0.286 e. The molecule has 2 aromatic carbocycles. The quantitative estimate of drug-likeness (QED) is 0.718. The van der Waals surface area contributed by atoms with E-state index in [1.807, 2.05) is 29.2 Å². The van der Waals surface area contributed by atoms with E-state index in [1.165, 1.54) is 0 Å². The van der Waals surface area contributed by atoms with Crippen molar-refractivity contribution in [2.24, 2.45) is 4.40 Å². The fraction of sp³-hybridized carbons (Fsp3) is 0.391. The SMILES string of the molecule is COc1ccc(CCC(=O)N2CCCN(CC3=NS(=O)(=O)c4ccccc4N3)CC2)cc1. The Kier molecular flexibility index (Phi) is 6.76. The van der Waals surface area contributed by atoms with Gasteiger partial charge in [-0.05, 0) is 42.7 Å². The van der Waals surface area contributed by atoms with Gasteiger partial charge in [-0.25, -0.2) is 0 Å². The molecule has 0 aromatic heterocycles. The molecule has 0 atom stereocenters. The number of nitrogens with zero attached hydrogens (tertiary/aromatic N) is 3. The van der Waals surface area contributed by atoms with Crippen molar-refractivity contribution in [3.63, 3.8) is 0 Å². The van der Waals surface area contributed by atoms with Crippen LogP contribution in [0.5, 0.6) is 5.75 Å². The van der Waals surface area contributed by atoms with Gasteiger partial charge < -0.3 is 15.0 Å². The lowest BCUT2D eigenvalue weighted by atomic mass is 10.1. The molecule has 2 heterocycles. The number of fused-ring (bicyclic) bond motifs is 1. The molecule has 0 spiro atoms. The Morgan fingerprint density at radius 1 is 1.06 bits per heavy atom. The second kappa shape index (κ2) is 9.70. The van der Waals surface area contributed by atoms with E-state index in [1.54, 1.807) is 31.4 Å². The number of hydrogen-bond donors (Lipinski definition) is 1. The molecule has 2 aliphatic heterocycles. The molecule has 0 saturated carbocycles. The average molecular weight is 457 g/mol. The number of carbonyl (C=O) groups excluding carboxylic acids is 1. The number of benzene rings is 2. The molecule has 4 rings (SSSR count). The second-order valence-corrected chi connectivity index (χ2v) is 9.57. The van der Waals surface area contributed by atoms with Crippen LogP contribution in [0, 0.1) is 0 Å². The predicted octanol–water partition coefficient (Wildman–Crippen LogP) is 2.38. The highest BCUT2D eigenvalue weighted by Gasteiger charge is 2.26. The summed E-state index contributed by atoms with van der Waals surface area (Å²) in [5, 5.41) is 3.14. The summed E-state index contributed by atoms with van der Waals surface area (Å²) in [6, 6.07) is 14.6. The summed E-state index contributed by atoms with van der Waals surface area (Å²) < 4.78 is 34.0. The van der Waals surface area contributed by atoms with E-state index in [2.05, 4.69) is 14.6 Å². The van der Waals surface area contributed by atoms with Gasteiger partial charge in [-0.1, -0.05) is 24.3 Å². The van der Waals surface area contributed by atoms with E-state index < -0.39 is 10.0 Å². The largest absolute Gasteiger partial charge is 0.497 e. The summed E-state index contributed by atoms with van der Waals surface area (Å²) in [5.74, 6) is 1.37. The molecule has 2 aromatic rings. The normalized spacial score (nSPS) is 18.2. The number of hydrogen-bond acceptors (Lipinski definition) is 6. The van der Waals surface area contributed by atoms with Gasteiger partial charge in [0.1, 0.15) is 16.5 Å². The number of sulfonamides is 1. The van der Waals surface area contributed by atoms with Gasteiger partial charge in [0.05, 0.1) is 19.3 Å². The molecule has 9 heteroatoms. The fourth-order valence-corrected chi connectivity index (χ4v) is 5.17. The Morgan fingerprint density at radius 3 is 2.62 bits per heavy atom. The van der Waals surface area contributed by atoms with E-state index in [4.69, 9.17) is 4.74 Å². The van der Waals surface area contributed by atoms with Gasteiger partial charge in [-0.15, -0.1) is 4.40 Å². The molecule has 0 aliphatic carbocycles. The summed E-state index contributed by atoms with van der Waals surface area (Å²) in [6.45, 7) is 3.19. The Hall–Kier alpha value is -2.91. The van der Waals surface area contributed by atoms with E-state index in [0.717, 1.165) is 24.3 Å². The van der Waals surface area contributed by atoms with Crippen molar-refractivity contribution in [2.75, 3.05) is 45.2 Å². The van der Waals surface area contributed by atoms with Gasteiger partial charge in [-0.3, -0.25) is 9.69 Å². The Bertz CT molecular complexity index is 1100. The molecule has 0 unspecified atom stereocenters. The molecule has 170 valence electrons. The first kappa shape index (κ1) is 22.3. The number of amidine groups is 1. The highest BCUT2D eigenvalue weighted by Crippen LogP contribution is 2.26. The van der Waals surface area contributed by atoms with Crippen LogP contribution < -0.4 is 10.1 Å². The maximum atomic E-state index is 12.7. The van der Waals surface area contributed by atoms with Gasteiger partial charge in [0.15, 0.2) is 0 Å². The Balaban J connectivity index is 1.30. The summed E-state index contributed by atoms with van der Waals surface area (Å²) >= 11 is 0. The average Bonchev–Trinajstić information content (AvgIpc) is 3.03. The van der Waals surface area contributed by atoms with Crippen molar-refractivity contribution >= 4 is 27.5 Å². The van der Waals surface area contributed by atoms with Crippen molar-refractivity contribution in [1.82, 2.24) is 9.80 Å². The summed E-state index contributed by atoms with van der Waals surface area (Å²) in [6.07, 6.45) is 2.00. The van der Waals surface area contributed by atoms with E-state index >= 15 is 0 Å². The number of carbonyl (C=O) groups is 1. The minimum atomic E-state index is -3.69. The summed E-state index contributed by atoms with van der Waals surface area (Å²) in [7, 11) is -2.05. The molecule has 32 heavy (non-hydrogen) atoms. The van der Waals surface area contributed by atoms with Crippen molar-refractivity contribution in [2.45, 2.75) is 24.2 Å². The lowest BCUT2D eigenvalue weighted by Gasteiger charge is -2.24. The summed E-state index contributed by atoms with van der Waals surface area (Å²) in [4.78, 5) is 17.0. The van der Waals surface area contributed by atoms with Crippen molar-refractivity contribution in [1.29, 1.82) is 0 Å². The van der Waals surface area contributed by atoms with E-state index in [9.17, 15) is 13.2 Å². The monoisotopic (exact) mass is 456 g/mol. The number of amides is 1. The standard InChI is InChI=1S/C23H28N4O4S/c1-31-19-10-7-18(8-11-19)9-12-23(28)27-14-4-13-26(15-16-27)17-22-24-20-5-2-3-6-21(20)32(29,30)25-22/h2-3,5-8,10-11H,4,9,12-17H2,1H3,(H,24,25). The number of aryl methyl sites for hydroxylation is 1. The molecular weight excluding hydrogens is 428 g/mol.